The molecule has 5 nitrogen and oxygen atoms in total. The molecule has 0 fully saturated rings. The van der Waals surface area contributed by atoms with Crippen molar-refractivity contribution in [3.8, 4) is 0 Å². The van der Waals surface area contributed by atoms with Gasteiger partial charge in [0.05, 0.1) is 12.1 Å². The van der Waals surface area contributed by atoms with Gasteiger partial charge in [-0.2, -0.15) is 4.98 Å². The number of nitrogens with zero attached hydrogens (tertiary/aromatic N) is 3. The number of hydrogen-bond donors (Lipinski definition) is 2. The van der Waals surface area contributed by atoms with Crippen molar-refractivity contribution in [3.63, 3.8) is 0 Å². The molecule has 4 rings (SSSR count). The number of rotatable bonds is 2. The number of aryl methyl sites for hydroxylation is 1. The van der Waals surface area contributed by atoms with Crippen molar-refractivity contribution in [1.82, 2.24) is 14.8 Å². The van der Waals surface area contributed by atoms with E-state index in [1.165, 1.54) is 23.3 Å². The highest BCUT2D eigenvalue weighted by atomic mass is 19.1. The van der Waals surface area contributed by atoms with Crippen LogP contribution in [0.5, 0.6) is 0 Å². The average Bonchev–Trinajstić information content (AvgIpc) is 2.95. The molecule has 24 heavy (non-hydrogen) atoms. The molecule has 122 valence electrons. The minimum atomic E-state index is -0.249. The van der Waals surface area contributed by atoms with Gasteiger partial charge in [0.2, 0.25) is 11.9 Å². The van der Waals surface area contributed by atoms with Crippen molar-refractivity contribution in [1.29, 1.82) is 0 Å². The summed E-state index contributed by atoms with van der Waals surface area (Å²) in [5, 5.41) is 7.70. The second kappa shape index (κ2) is 5.63. The molecule has 1 aromatic heterocycles. The fraction of sp³-hybridized carbons (Fsp3) is 0.222. The Kier molecular flexibility index (Phi) is 3.45. The van der Waals surface area contributed by atoms with Crippen LogP contribution in [0.3, 0.4) is 0 Å². The minimum absolute atomic E-state index is 0.0436. The minimum Gasteiger partial charge on any atom is -0.366 e. The second-order valence-corrected chi connectivity index (χ2v) is 6.15. The summed E-state index contributed by atoms with van der Waals surface area (Å²) in [5.74, 6) is 0.619. The van der Waals surface area contributed by atoms with Gasteiger partial charge in [0.1, 0.15) is 5.82 Å². The molecule has 0 spiro atoms. The lowest BCUT2D eigenvalue weighted by Crippen LogP contribution is -2.28. The zero-order chi connectivity index (χ0) is 16.7. The number of halogens is 1. The number of benzene rings is 2. The Balaban J connectivity index is 1.74. The fourth-order valence-corrected chi connectivity index (χ4v) is 3.17. The van der Waals surface area contributed by atoms with Crippen molar-refractivity contribution in [2.24, 2.45) is 0 Å². The number of aromatic nitrogens is 3. The van der Waals surface area contributed by atoms with E-state index in [0.717, 1.165) is 12.0 Å². The summed E-state index contributed by atoms with van der Waals surface area (Å²) >= 11 is 0. The molecule has 2 atom stereocenters. The summed E-state index contributed by atoms with van der Waals surface area (Å²) in [7, 11) is 0. The molecule has 0 saturated carbocycles. The Bertz CT molecular complexity index is 854. The highest BCUT2D eigenvalue weighted by Crippen LogP contribution is 2.37. The maximum absolute atomic E-state index is 13.3. The Morgan fingerprint density at radius 3 is 2.46 bits per heavy atom. The average molecular weight is 323 g/mol. The molecule has 0 bridgehead atoms. The van der Waals surface area contributed by atoms with Crippen LogP contribution in [0, 0.1) is 12.7 Å². The van der Waals surface area contributed by atoms with E-state index in [1.54, 1.807) is 16.8 Å². The Labute approximate surface area is 139 Å². The van der Waals surface area contributed by atoms with Gasteiger partial charge < -0.3 is 11.1 Å². The van der Waals surface area contributed by atoms with Crippen LogP contribution in [0.15, 0.2) is 48.5 Å². The number of anilines is 2. The van der Waals surface area contributed by atoms with E-state index in [-0.39, 0.29) is 23.8 Å². The van der Waals surface area contributed by atoms with Crippen LogP contribution in [0.2, 0.25) is 0 Å². The third-order valence-corrected chi connectivity index (χ3v) is 4.44. The Morgan fingerprint density at radius 1 is 1.08 bits per heavy atom. The topological polar surface area (TPSA) is 68.8 Å². The van der Waals surface area contributed by atoms with Gasteiger partial charge in [-0.1, -0.05) is 42.0 Å². The summed E-state index contributed by atoms with van der Waals surface area (Å²) in [6, 6.07) is 15.0. The largest absolute Gasteiger partial charge is 0.366 e. The maximum Gasteiger partial charge on any atom is 0.241 e. The molecule has 0 radical (unpaired) electrons. The maximum atomic E-state index is 13.3. The number of nitrogens with one attached hydrogen (secondary N) is 1. The van der Waals surface area contributed by atoms with Crippen LogP contribution < -0.4 is 11.1 Å². The molecule has 3 N–H and O–H groups in total. The predicted octanol–water partition coefficient (Wildman–Crippen LogP) is 3.45. The molecule has 6 heteroatoms. The monoisotopic (exact) mass is 323 g/mol. The van der Waals surface area contributed by atoms with E-state index in [0.29, 0.717) is 5.95 Å². The predicted molar refractivity (Wildman–Crippen MR) is 91.1 cm³/mol. The highest BCUT2D eigenvalue weighted by Gasteiger charge is 2.30. The first kappa shape index (κ1) is 14.7. The number of nitrogen functional groups attached to an aromatic ring is 1. The van der Waals surface area contributed by atoms with Gasteiger partial charge in [0.25, 0.3) is 0 Å². The van der Waals surface area contributed by atoms with Gasteiger partial charge in [0, 0.05) is 0 Å². The van der Waals surface area contributed by atoms with Crippen LogP contribution >= 0.6 is 0 Å². The van der Waals surface area contributed by atoms with E-state index in [4.69, 9.17) is 5.73 Å². The molecule has 2 heterocycles. The van der Waals surface area contributed by atoms with E-state index in [9.17, 15) is 4.39 Å². The zero-order valence-electron chi connectivity index (χ0n) is 13.3. The summed E-state index contributed by atoms with van der Waals surface area (Å²) in [4.78, 5) is 4.28. The first-order chi connectivity index (χ1) is 11.6. The summed E-state index contributed by atoms with van der Waals surface area (Å²) in [5.41, 5.74) is 9.17. The Morgan fingerprint density at radius 2 is 1.75 bits per heavy atom. The van der Waals surface area contributed by atoms with Crippen LogP contribution in [-0.4, -0.2) is 14.8 Å². The quantitative estimate of drug-likeness (QED) is 0.758. The van der Waals surface area contributed by atoms with Crippen LogP contribution in [0.1, 0.15) is 35.2 Å². The lowest BCUT2D eigenvalue weighted by molar-refractivity contribution is 0.431. The fourth-order valence-electron chi connectivity index (χ4n) is 3.17. The van der Waals surface area contributed by atoms with Crippen molar-refractivity contribution < 1.29 is 4.39 Å². The van der Waals surface area contributed by atoms with Gasteiger partial charge in [-0.15, -0.1) is 5.10 Å². The normalized spacial score (nSPS) is 19.6. The standard InChI is InChI=1S/C18H18FN5/c1-11-2-4-12(5-3-11)15-10-16(13-6-8-14(19)9-7-13)24-18(21-15)22-17(20)23-24/h2-9,15-16H,10H2,1H3,(H3,20,21,22,23)/t15-,16+/m0/s1. The van der Waals surface area contributed by atoms with Crippen LogP contribution in [0.25, 0.3) is 0 Å². The molecular weight excluding hydrogens is 305 g/mol. The molecule has 1 aliphatic rings. The summed E-state index contributed by atoms with van der Waals surface area (Å²) < 4.78 is 15.1. The number of hydrogen-bond acceptors (Lipinski definition) is 4. The molecule has 2 aromatic carbocycles. The third kappa shape index (κ3) is 2.60. The molecule has 0 amide bonds. The zero-order valence-corrected chi connectivity index (χ0v) is 13.3. The Hall–Kier alpha value is -2.89. The van der Waals surface area contributed by atoms with E-state index in [1.807, 2.05) is 0 Å². The highest BCUT2D eigenvalue weighted by molar-refractivity contribution is 5.42. The van der Waals surface area contributed by atoms with Crippen molar-refractivity contribution in [2.75, 3.05) is 11.1 Å². The lowest BCUT2D eigenvalue weighted by atomic mass is 9.93. The van der Waals surface area contributed by atoms with Crippen molar-refractivity contribution in [3.05, 3.63) is 71.0 Å². The third-order valence-electron chi connectivity index (χ3n) is 4.44. The first-order valence-electron chi connectivity index (χ1n) is 7.91. The van der Waals surface area contributed by atoms with E-state index in [2.05, 4.69) is 46.6 Å². The summed E-state index contributed by atoms with van der Waals surface area (Å²) in [6.07, 6.45) is 0.782. The first-order valence-corrected chi connectivity index (χ1v) is 7.91. The molecular formula is C18H18FN5. The van der Waals surface area contributed by atoms with E-state index < -0.39 is 0 Å². The number of nitrogens with two attached hydrogens (primary N) is 1. The molecule has 3 aromatic rings. The van der Waals surface area contributed by atoms with Gasteiger partial charge in [-0.05, 0) is 36.6 Å². The second-order valence-electron chi connectivity index (χ2n) is 6.15. The molecule has 1 aliphatic heterocycles. The lowest BCUT2D eigenvalue weighted by Gasteiger charge is -2.31. The van der Waals surface area contributed by atoms with Crippen molar-refractivity contribution >= 4 is 11.9 Å². The molecule has 0 aliphatic carbocycles. The van der Waals surface area contributed by atoms with Gasteiger partial charge in [-0.3, -0.25) is 0 Å². The van der Waals surface area contributed by atoms with Crippen LogP contribution in [-0.2, 0) is 0 Å². The number of fused-ring (bicyclic) bond motifs is 1. The smallest absolute Gasteiger partial charge is 0.241 e. The van der Waals surface area contributed by atoms with Gasteiger partial charge >= 0.3 is 0 Å². The van der Waals surface area contributed by atoms with Gasteiger partial charge in [0.15, 0.2) is 0 Å². The SMILES string of the molecule is Cc1ccc([C@@H]2C[C@H](c3ccc(F)cc3)n3nc(N)nc3N2)cc1. The van der Waals surface area contributed by atoms with Crippen LogP contribution in [0.4, 0.5) is 16.3 Å². The summed E-state index contributed by atoms with van der Waals surface area (Å²) in [6.45, 7) is 2.07. The van der Waals surface area contributed by atoms with Crippen molar-refractivity contribution in [2.45, 2.75) is 25.4 Å². The van der Waals surface area contributed by atoms with Gasteiger partial charge in [-0.25, -0.2) is 9.07 Å². The molecule has 0 unspecified atom stereocenters. The molecule has 0 saturated heterocycles. The van der Waals surface area contributed by atoms with E-state index >= 15 is 0 Å².